The summed E-state index contributed by atoms with van der Waals surface area (Å²) in [7, 11) is 1.54. The van der Waals surface area contributed by atoms with Gasteiger partial charge in [-0.1, -0.05) is 11.6 Å². The smallest absolute Gasteiger partial charge is 0.257 e. The normalized spacial score (nSPS) is 22.9. The summed E-state index contributed by atoms with van der Waals surface area (Å²) in [6.07, 6.45) is 3.90. The molecule has 0 radical (unpaired) electrons. The van der Waals surface area contributed by atoms with E-state index in [4.69, 9.17) is 16.3 Å². The van der Waals surface area contributed by atoms with Crippen LogP contribution in [-0.2, 0) is 4.79 Å². The van der Waals surface area contributed by atoms with Gasteiger partial charge in [-0.2, -0.15) is 0 Å². The van der Waals surface area contributed by atoms with Crippen LogP contribution in [0.3, 0.4) is 0 Å². The predicted molar refractivity (Wildman–Crippen MR) is 101 cm³/mol. The number of amides is 2. The highest BCUT2D eigenvalue weighted by atomic mass is 35.5. The summed E-state index contributed by atoms with van der Waals surface area (Å²) in [5, 5.41) is 6.79. The third-order valence-corrected chi connectivity index (χ3v) is 5.38. The molecule has 2 amide bonds. The van der Waals surface area contributed by atoms with Crippen molar-refractivity contribution in [1.29, 1.82) is 0 Å². The van der Waals surface area contributed by atoms with Crippen LogP contribution in [0.2, 0.25) is 5.02 Å². The summed E-state index contributed by atoms with van der Waals surface area (Å²) in [6.45, 7) is 2.88. The van der Waals surface area contributed by atoms with E-state index in [1.165, 1.54) is 7.11 Å². The minimum Gasteiger partial charge on any atom is -0.496 e. The summed E-state index contributed by atoms with van der Waals surface area (Å²) in [5.74, 6) is 0.791. The fraction of sp³-hybridized carbons (Fsp3) is 0.579. The molecule has 1 aromatic carbocycles. The van der Waals surface area contributed by atoms with Crippen LogP contribution in [0.1, 0.15) is 36.0 Å². The molecule has 0 aromatic heterocycles. The molecule has 2 atom stereocenters. The zero-order valence-corrected chi connectivity index (χ0v) is 15.8. The number of methoxy groups -OCH3 is 1. The van der Waals surface area contributed by atoms with Gasteiger partial charge in [0.1, 0.15) is 5.75 Å². The molecule has 2 saturated heterocycles. The van der Waals surface area contributed by atoms with Crippen molar-refractivity contribution >= 4 is 23.4 Å². The molecule has 0 aliphatic carbocycles. The summed E-state index contributed by atoms with van der Waals surface area (Å²) in [6, 6.07) is 5.01. The van der Waals surface area contributed by atoms with Crippen LogP contribution in [0.15, 0.2) is 18.2 Å². The van der Waals surface area contributed by atoms with Gasteiger partial charge in [0.25, 0.3) is 5.91 Å². The number of nitrogens with zero attached hydrogens (tertiary/aromatic N) is 1. The van der Waals surface area contributed by atoms with Crippen LogP contribution in [0.4, 0.5) is 0 Å². The Bertz CT molecular complexity index is 661. The number of halogens is 1. The molecule has 6 nitrogen and oxygen atoms in total. The number of benzene rings is 1. The molecule has 2 unspecified atom stereocenters. The van der Waals surface area contributed by atoms with Crippen molar-refractivity contribution in [2.75, 3.05) is 33.3 Å². The molecule has 3 rings (SSSR count). The fourth-order valence-corrected chi connectivity index (χ4v) is 3.87. The molecule has 142 valence electrons. The van der Waals surface area contributed by atoms with Crippen molar-refractivity contribution in [3.05, 3.63) is 28.8 Å². The van der Waals surface area contributed by atoms with Crippen molar-refractivity contribution in [1.82, 2.24) is 15.5 Å². The summed E-state index contributed by atoms with van der Waals surface area (Å²) in [4.78, 5) is 26.9. The Labute approximate surface area is 159 Å². The van der Waals surface area contributed by atoms with Crippen molar-refractivity contribution in [3.63, 3.8) is 0 Å². The molecule has 0 bridgehead atoms. The van der Waals surface area contributed by atoms with E-state index in [2.05, 4.69) is 10.6 Å². The van der Waals surface area contributed by atoms with Crippen LogP contribution < -0.4 is 15.4 Å². The first-order valence-electron chi connectivity index (χ1n) is 9.22. The number of piperidine rings is 1. The third kappa shape index (κ3) is 4.48. The molecule has 2 aliphatic rings. The monoisotopic (exact) mass is 379 g/mol. The maximum atomic E-state index is 12.9. The van der Waals surface area contributed by atoms with Crippen LogP contribution >= 0.6 is 11.6 Å². The lowest BCUT2D eigenvalue weighted by atomic mass is 9.97. The molecule has 7 heteroatoms. The maximum absolute atomic E-state index is 12.9. The second kappa shape index (κ2) is 8.73. The molecule has 2 N–H and O–H groups in total. The van der Waals surface area contributed by atoms with Crippen molar-refractivity contribution in [3.8, 4) is 5.75 Å². The lowest BCUT2D eigenvalue weighted by Gasteiger charge is -2.33. The largest absolute Gasteiger partial charge is 0.496 e. The minimum absolute atomic E-state index is 0.0491. The highest BCUT2D eigenvalue weighted by Gasteiger charge is 2.28. The van der Waals surface area contributed by atoms with Gasteiger partial charge in [0.15, 0.2) is 0 Å². The Balaban J connectivity index is 1.57. The molecule has 1 aromatic rings. The molecular formula is C19H26ClN3O3. The maximum Gasteiger partial charge on any atom is 0.257 e. The number of hydrogen-bond donors (Lipinski definition) is 2. The number of likely N-dealkylation sites (tertiary alicyclic amines) is 1. The fourth-order valence-electron chi connectivity index (χ4n) is 3.70. The molecular weight excluding hydrogens is 354 g/mol. The van der Waals surface area contributed by atoms with Gasteiger partial charge < -0.3 is 20.3 Å². The van der Waals surface area contributed by atoms with Crippen LogP contribution in [0.25, 0.3) is 0 Å². The molecule has 2 fully saturated rings. The van der Waals surface area contributed by atoms with E-state index in [9.17, 15) is 9.59 Å². The number of hydrogen-bond acceptors (Lipinski definition) is 4. The van der Waals surface area contributed by atoms with E-state index >= 15 is 0 Å². The number of nitrogens with one attached hydrogen (secondary N) is 2. The zero-order chi connectivity index (χ0) is 18.5. The van der Waals surface area contributed by atoms with Crippen molar-refractivity contribution < 1.29 is 14.3 Å². The van der Waals surface area contributed by atoms with Gasteiger partial charge >= 0.3 is 0 Å². The van der Waals surface area contributed by atoms with E-state index in [0.29, 0.717) is 29.4 Å². The Hall–Kier alpha value is -1.79. The van der Waals surface area contributed by atoms with Gasteiger partial charge in [-0.05, 0) is 56.3 Å². The van der Waals surface area contributed by atoms with Gasteiger partial charge in [0.05, 0.1) is 18.7 Å². The highest BCUT2D eigenvalue weighted by molar-refractivity contribution is 6.30. The molecule has 26 heavy (non-hydrogen) atoms. The van der Waals surface area contributed by atoms with E-state index in [1.54, 1.807) is 18.2 Å². The number of rotatable bonds is 5. The van der Waals surface area contributed by atoms with Gasteiger partial charge in [-0.25, -0.2) is 0 Å². The first-order valence-corrected chi connectivity index (χ1v) is 9.60. The Morgan fingerprint density at radius 2 is 2.19 bits per heavy atom. The van der Waals surface area contributed by atoms with Crippen LogP contribution in [-0.4, -0.2) is 56.0 Å². The standard InChI is InChI=1S/C19H26ClN3O3/c1-26-17-10-14(20)6-7-15(17)19(25)23-9-3-4-13(12-23)11-22-18(24)16-5-2-8-21-16/h6-7,10,13,16,21H,2-5,8-9,11-12H2,1H3,(H,22,24). The first-order chi connectivity index (χ1) is 12.6. The van der Waals surface area contributed by atoms with E-state index < -0.39 is 0 Å². The summed E-state index contributed by atoms with van der Waals surface area (Å²) < 4.78 is 5.30. The number of carbonyl (C=O) groups is 2. The number of ether oxygens (including phenoxy) is 1. The van der Waals surface area contributed by atoms with Gasteiger partial charge in [0.2, 0.25) is 5.91 Å². The third-order valence-electron chi connectivity index (χ3n) is 5.14. The predicted octanol–water partition coefficient (Wildman–Crippen LogP) is 2.07. The molecule has 0 saturated carbocycles. The lowest BCUT2D eigenvalue weighted by molar-refractivity contribution is -0.123. The van der Waals surface area contributed by atoms with Gasteiger partial charge in [0, 0.05) is 24.7 Å². The minimum atomic E-state index is -0.0605. The average Bonchev–Trinajstić information content (AvgIpc) is 3.20. The van der Waals surface area contributed by atoms with Crippen LogP contribution in [0.5, 0.6) is 5.75 Å². The Morgan fingerprint density at radius 3 is 2.92 bits per heavy atom. The summed E-state index contributed by atoms with van der Waals surface area (Å²) >= 11 is 5.98. The Kier molecular flexibility index (Phi) is 6.38. The number of carbonyl (C=O) groups excluding carboxylic acids is 2. The van der Waals surface area contributed by atoms with E-state index in [-0.39, 0.29) is 23.8 Å². The first kappa shape index (κ1) is 19.0. The second-order valence-electron chi connectivity index (χ2n) is 7.00. The molecule has 2 aliphatic heterocycles. The highest BCUT2D eigenvalue weighted by Crippen LogP contribution is 2.26. The van der Waals surface area contributed by atoms with Crippen LogP contribution in [0, 0.1) is 5.92 Å². The molecule has 0 spiro atoms. The lowest BCUT2D eigenvalue weighted by Crippen LogP contribution is -2.46. The van der Waals surface area contributed by atoms with E-state index in [1.807, 2.05) is 4.90 Å². The van der Waals surface area contributed by atoms with E-state index in [0.717, 1.165) is 38.8 Å². The van der Waals surface area contributed by atoms with Crippen molar-refractivity contribution in [2.24, 2.45) is 5.92 Å². The van der Waals surface area contributed by atoms with Crippen molar-refractivity contribution in [2.45, 2.75) is 31.7 Å². The van der Waals surface area contributed by atoms with Gasteiger partial charge in [-0.3, -0.25) is 9.59 Å². The molecule has 2 heterocycles. The SMILES string of the molecule is COc1cc(Cl)ccc1C(=O)N1CCCC(CNC(=O)C2CCCN2)C1. The van der Waals surface area contributed by atoms with Gasteiger partial charge in [-0.15, -0.1) is 0 Å². The zero-order valence-electron chi connectivity index (χ0n) is 15.1. The summed E-state index contributed by atoms with van der Waals surface area (Å²) in [5.41, 5.74) is 0.525. The Morgan fingerprint density at radius 1 is 1.35 bits per heavy atom. The average molecular weight is 380 g/mol. The topological polar surface area (TPSA) is 70.7 Å². The quantitative estimate of drug-likeness (QED) is 0.821. The second-order valence-corrected chi connectivity index (χ2v) is 7.43.